The molecule has 0 radical (unpaired) electrons. The second-order valence-electron chi connectivity index (χ2n) is 3.76. The van der Waals surface area contributed by atoms with Gasteiger partial charge in [0.1, 0.15) is 0 Å². The summed E-state index contributed by atoms with van der Waals surface area (Å²) >= 11 is 0. The molecule has 0 bridgehead atoms. The van der Waals surface area contributed by atoms with Crippen molar-refractivity contribution in [2.75, 3.05) is 0 Å². The van der Waals surface area contributed by atoms with Gasteiger partial charge in [0.05, 0.1) is 0 Å². The van der Waals surface area contributed by atoms with Crippen molar-refractivity contribution in [3.8, 4) is 0 Å². The molecule has 0 aliphatic carbocycles. The molecule has 22 heavy (non-hydrogen) atoms. The summed E-state index contributed by atoms with van der Waals surface area (Å²) in [7, 11) is 0. The summed E-state index contributed by atoms with van der Waals surface area (Å²) < 4.78 is 181. The van der Waals surface area contributed by atoms with Crippen LogP contribution in [0.4, 0.5) is 65.9 Å². The van der Waals surface area contributed by atoms with Gasteiger partial charge >= 0.3 is 36.0 Å². The third kappa shape index (κ3) is 2.77. The van der Waals surface area contributed by atoms with Crippen LogP contribution in [-0.4, -0.2) is 42.2 Å². The normalized spacial score (nSPS) is 17.6. The highest BCUT2D eigenvalue weighted by Gasteiger charge is 2.87. The molecule has 0 aromatic heterocycles. The van der Waals surface area contributed by atoms with E-state index in [-0.39, 0.29) is 0 Å². The zero-order valence-electron chi connectivity index (χ0n) is 9.25. The smallest absolute Gasteiger partial charge is 0.236 e. The van der Waals surface area contributed by atoms with E-state index in [0.717, 1.165) is 0 Å². The topological polar surface area (TPSA) is 0 Å². The Morgan fingerprint density at radius 3 is 0.909 bits per heavy atom. The van der Waals surface area contributed by atoms with E-state index in [1.165, 1.54) is 0 Å². The van der Waals surface area contributed by atoms with Gasteiger partial charge in [0.2, 0.25) is 6.17 Å². The van der Waals surface area contributed by atoms with E-state index in [1.807, 2.05) is 0 Å². The van der Waals surface area contributed by atoms with Gasteiger partial charge in [-0.1, -0.05) is 0 Å². The maximum Gasteiger partial charge on any atom is 0.459 e. The third-order valence-corrected chi connectivity index (χ3v) is 2.27. The SMILES string of the molecule is FC(C(F)(F)C(F)(F)C(F)(F)F)C(F)(C(F)(F)F)C(F)(F)F. The maximum absolute atomic E-state index is 12.8. The minimum atomic E-state index is -7.70. The summed E-state index contributed by atoms with van der Waals surface area (Å²) in [5, 5.41) is 0. The van der Waals surface area contributed by atoms with Gasteiger partial charge in [-0.05, 0) is 0 Å². The summed E-state index contributed by atoms with van der Waals surface area (Å²) in [4.78, 5) is 0. The standard InChI is InChI=1S/C7HF15/c8-1(2(9,5(14,15)16)6(17,18)19)3(10,11)4(12,13)7(20,21)22/h1H. The number of hydrogen-bond donors (Lipinski definition) is 0. The summed E-state index contributed by atoms with van der Waals surface area (Å²) in [6, 6.07) is 0. The Hall–Kier alpha value is -1.05. The van der Waals surface area contributed by atoms with Crippen LogP contribution in [0.1, 0.15) is 0 Å². The van der Waals surface area contributed by atoms with Crippen molar-refractivity contribution in [1.29, 1.82) is 0 Å². The largest absolute Gasteiger partial charge is 0.459 e. The van der Waals surface area contributed by atoms with Crippen LogP contribution in [0, 0.1) is 0 Å². The van der Waals surface area contributed by atoms with Gasteiger partial charge in [-0.2, -0.15) is 57.1 Å². The van der Waals surface area contributed by atoms with Gasteiger partial charge in [0.15, 0.2) is 0 Å². The lowest BCUT2D eigenvalue weighted by Crippen LogP contribution is -2.69. The monoisotopic (exact) mass is 370 g/mol. The lowest BCUT2D eigenvalue weighted by atomic mass is 9.90. The summed E-state index contributed by atoms with van der Waals surface area (Å²) in [6.45, 7) is 0. The highest BCUT2D eigenvalue weighted by atomic mass is 19.4. The Kier molecular flexibility index (Phi) is 4.74. The predicted octanol–water partition coefficient (Wildman–Crippen LogP) is 4.99. The molecule has 15 heteroatoms. The molecule has 0 saturated heterocycles. The summed E-state index contributed by atoms with van der Waals surface area (Å²) in [5.41, 5.74) is -7.65. The van der Waals surface area contributed by atoms with Crippen molar-refractivity contribution in [2.24, 2.45) is 0 Å². The van der Waals surface area contributed by atoms with Gasteiger partial charge < -0.3 is 0 Å². The second kappa shape index (κ2) is 4.97. The quantitative estimate of drug-likeness (QED) is 0.614. The van der Waals surface area contributed by atoms with E-state index < -0.39 is 42.2 Å². The summed E-state index contributed by atoms with van der Waals surface area (Å²) in [5.74, 6) is -15.4. The Bertz CT molecular complexity index is 380. The van der Waals surface area contributed by atoms with Gasteiger partial charge in [-0.15, -0.1) is 0 Å². The fourth-order valence-electron chi connectivity index (χ4n) is 1.05. The minimum Gasteiger partial charge on any atom is -0.236 e. The molecule has 0 heterocycles. The van der Waals surface area contributed by atoms with Crippen LogP contribution < -0.4 is 0 Å². The van der Waals surface area contributed by atoms with Crippen molar-refractivity contribution in [2.45, 2.75) is 42.2 Å². The van der Waals surface area contributed by atoms with Crippen molar-refractivity contribution >= 4 is 0 Å². The zero-order valence-corrected chi connectivity index (χ0v) is 9.25. The predicted molar refractivity (Wildman–Crippen MR) is 36.8 cm³/mol. The highest BCUT2D eigenvalue weighted by molar-refractivity contribution is 5.10. The van der Waals surface area contributed by atoms with Crippen LogP contribution >= 0.6 is 0 Å². The molecule has 0 rings (SSSR count). The average molecular weight is 370 g/mol. The molecule has 0 spiro atoms. The molecule has 0 aromatic rings. The lowest BCUT2D eigenvalue weighted by molar-refractivity contribution is -0.414. The Morgan fingerprint density at radius 2 is 0.727 bits per heavy atom. The molecule has 134 valence electrons. The van der Waals surface area contributed by atoms with Gasteiger partial charge in [-0.25, -0.2) is 8.78 Å². The molecular formula is C7HF15. The molecule has 0 nitrogen and oxygen atoms in total. The number of halogens is 15. The van der Waals surface area contributed by atoms with Gasteiger partial charge in [-0.3, -0.25) is 0 Å². The van der Waals surface area contributed by atoms with Crippen LogP contribution in [0.5, 0.6) is 0 Å². The zero-order chi connectivity index (χ0) is 18.6. The van der Waals surface area contributed by atoms with Crippen LogP contribution in [0.2, 0.25) is 0 Å². The summed E-state index contributed by atoms with van der Waals surface area (Å²) in [6.07, 6.45) is -29.2. The van der Waals surface area contributed by atoms with Crippen LogP contribution in [-0.2, 0) is 0 Å². The molecule has 0 amide bonds. The first kappa shape index (κ1) is 20.9. The van der Waals surface area contributed by atoms with Crippen molar-refractivity contribution in [3.63, 3.8) is 0 Å². The fraction of sp³-hybridized carbons (Fsp3) is 1.00. The first-order valence-corrected chi connectivity index (χ1v) is 4.44. The number of hydrogen-bond acceptors (Lipinski definition) is 0. The van der Waals surface area contributed by atoms with E-state index in [0.29, 0.717) is 0 Å². The number of alkyl halides is 15. The van der Waals surface area contributed by atoms with E-state index >= 15 is 0 Å². The Labute approximate surface area is 109 Å². The lowest BCUT2D eigenvalue weighted by Gasteiger charge is -2.38. The van der Waals surface area contributed by atoms with Crippen molar-refractivity contribution in [3.05, 3.63) is 0 Å². The molecule has 1 atom stereocenters. The molecule has 0 saturated carbocycles. The van der Waals surface area contributed by atoms with E-state index in [1.54, 1.807) is 0 Å². The van der Waals surface area contributed by atoms with Crippen molar-refractivity contribution in [1.82, 2.24) is 0 Å². The van der Waals surface area contributed by atoms with Gasteiger partial charge in [0, 0.05) is 0 Å². The molecule has 1 unspecified atom stereocenters. The van der Waals surface area contributed by atoms with Crippen LogP contribution in [0.25, 0.3) is 0 Å². The van der Waals surface area contributed by atoms with E-state index in [2.05, 4.69) is 0 Å². The maximum atomic E-state index is 12.8. The Morgan fingerprint density at radius 1 is 0.455 bits per heavy atom. The van der Waals surface area contributed by atoms with Crippen LogP contribution in [0.15, 0.2) is 0 Å². The molecular weight excluding hydrogens is 369 g/mol. The first-order chi connectivity index (χ1) is 9.15. The number of rotatable bonds is 3. The van der Waals surface area contributed by atoms with E-state index in [9.17, 15) is 65.9 Å². The molecule has 0 aliphatic rings. The average Bonchev–Trinajstić information content (AvgIpc) is 2.21. The van der Waals surface area contributed by atoms with Crippen molar-refractivity contribution < 1.29 is 65.9 Å². The first-order valence-electron chi connectivity index (χ1n) is 4.44. The molecule has 0 fully saturated rings. The van der Waals surface area contributed by atoms with E-state index in [4.69, 9.17) is 0 Å². The van der Waals surface area contributed by atoms with Crippen LogP contribution in [0.3, 0.4) is 0 Å². The Balaban J connectivity index is 6.26. The van der Waals surface area contributed by atoms with Gasteiger partial charge in [0.25, 0.3) is 0 Å². The minimum absolute atomic E-state index is 6.61. The molecule has 0 aliphatic heterocycles. The second-order valence-corrected chi connectivity index (χ2v) is 3.76. The molecule has 0 aromatic carbocycles. The fourth-order valence-corrected chi connectivity index (χ4v) is 1.05. The third-order valence-electron chi connectivity index (χ3n) is 2.27. The molecule has 0 N–H and O–H groups in total. The highest BCUT2D eigenvalue weighted by Crippen LogP contribution is 2.57.